The molecule has 1 heterocycles. The van der Waals surface area contributed by atoms with E-state index in [1.807, 2.05) is 0 Å². The highest BCUT2D eigenvalue weighted by molar-refractivity contribution is 5.78. The number of methoxy groups -OCH3 is 1. The van der Waals surface area contributed by atoms with Crippen molar-refractivity contribution in [2.75, 3.05) is 7.11 Å². The number of H-pyrrole nitrogens is 1. The number of nitrogens with zero attached hydrogens (tertiary/aromatic N) is 1. The lowest BCUT2D eigenvalue weighted by Gasteiger charge is -2.12. The molecule has 0 saturated carbocycles. The summed E-state index contributed by atoms with van der Waals surface area (Å²) in [6, 6.07) is 11.4. The highest BCUT2D eigenvalue weighted by Crippen LogP contribution is 2.29. The number of carbonyl (C=O) groups is 1. The van der Waals surface area contributed by atoms with E-state index in [1.54, 1.807) is 30.3 Å². The van der Waals surface area contributed by atoms with Gasteiger partial charge in [0.25, 0.3) is 5.56 Å². The molecule has 0 radical (unpaired) electrons. The number of hydrogen-bond acceptors (Lipinski definition) is 5. The van der Waals surface area contributed by atoms with Gasteiger partial charge in [-0.2, -0.15) is 8.78 Å². The largest absolute Gasteiger partial charge is 0.493 e. The van der Waals surface area contributed by atoms with Crippen molar-refractivity contribution >= 4 is 16.8 Å². The molecule has 0 aliphatic heterocycles. The normalized spacial score (nSPS) is 10.9. The van der Waals surface area contributed by atoms with Crippen LogP contribution in [-0.2, 0) is 17.8 Å². The SMILES string of the molecule is COc1cc(CNC(=O)CCc2nc3ccccc3c(=O)[nH]2)ccc1OC(F)F. The van der Waals surface area contributed by atoms with Crippen LogP contribution in [0.25, 0.3) is 10.9 Å². The van der Waals surface area contributed by atoms with Crippen LogP contribution in [0.5, 0.6) is 11.5 Å². The van der Waals surface area contributed by atoms with E-state index in [1.165, 1.54) is 19.2 Å². The highest BCUT2D eigenvalue weighted by atomic mass is 19.3. The lowest BCUT2D eigenvalue weighted by atomic mass is 10.2. The Bertz CT molecular complexity index is 1070. The zero-order valence-electron chi connectivity index (χ0n) is 15.6. The maximum atomic E-state index is 12.4. The van der Waals surface area contributed by atoms with Crippen LogP contribution in [0.3, 0.4) is 0 Å². The third kappa shape index (κ3) is 5.28. The molecule has 152 valence electrons. The minimum absolute atomic E-state index is 0.0797. The molecule has 0 aliphatic carbocycles. The number of ether oxygens (including phenoxy) is 2. The summed E-state index contributed by atoms with van der Waals surface area (Å²) < 4.78 is 34.1. The number of rotatable bonds is 8. The van der Waals surface area contributed by atoms with E-state index in [-0.39, 0.29) is 42.4 Å². The summed E-state index contributed by atoms with van der Waals surface area (Å²) in [5, 5.41) is 3.22. The molecule has 29 heavy (non-hydrogen) atoms. The van der Waals surface area contributed by atoms with E-state index < -0.39 is 6.61 Å². The first-order valence-electron chi connectivity index (χ1n) is 8.82. The van der Waals surface area contributed by atoms with Gasteiger partial charge in [0.1, 0.15) is 5.82 Å². The maximum absolute atomic E-state index is 12.4. The topological polar surface area (TPSA) is 93.3 Å². The summed E-state index contributed by atoms with van der Waals surface area (Å²) in [6.07, 6.45) is 0.404. The number of hydrogen-bond donors (Lipinski definition) is 2. The van der Waals surface area contributed by atoms with Crippen LogP contribution < -0.4 is 20.3 Å². The molecule has 1 amide bonds. The van der Waals surface area contributed by atoms with Crippen molar-refractivity contribution in [1.29, 1.82) is 0 Å². The highest BCUT2D eigenvalue weighted by Gasteiger charge is 2.12. The Morgan fingerprint density at radius 1 is 1.21 bits per heavy atom. The summed E-state index contributed by atoms with van der Waals surface area (Å²) in [6.45, 7) is -2.77. The van der Waals surface area contributed by atoms with Crippen LogP contribution in [-0.4, -0.2) is 29.6 Å². The van der Waals surface area contributed by atoms with Crippen LogP contribution >= 0.6 is 0 Å². The van der Waals surface area contributed by atoms with E-state index in [2.05, 4.69) is 20.0 Å². The predicted octanol–water partition coefficient (Wildman–Crippen LogP) is 2.78. The lowest BCUT2D eigenvalue weighted by Crippen LogP contribution is -2.23. The van der Waals surface area contributed by atoms with Crippen LogP contribution in [0.15, 0.2) is 47.3 Å². The van der Waals surface area contributed by atoms with Crippen molar-refractivity contribution in [2.24, 2.45) is 0 Å². The van der Waals surface area contributed by atoms with Gasteiger partial charge in [0.15, 0.2) is 11.5 Å². The zero-order valence-corrected chi connectivity index (χ0v) is 15.6. The fraction of sp³-hybridized carbons (Fsp3) is 0.250. The van der Waals surface area contributed by atoms with E-state index in [9.17, 15) is 18.4 Å². The third-order valence-electron chi connectivity index (χ3n) is 4.18. The van der Waals surface area contributed by atoms with E-state index in [0.717, 1.165) is 0 Å². The standard InChI is InChI=1S/C20H19F2N3O4/c1-28-16-10-12(6-7-15(16)29-20(21)22)11-23-18(26)9-8-17-24-14-5-3-2-4-13(14)19(27)25-17/h2-7,10,20H,8-9,11H2,1H3,(H,23,26)(H,24,25,27). The molecule has 0 bridgehead atoms. The molecule has 2 aromatic carbocycles. The number of aromatic amines is 1. The van der Waals surface area contributed by atoms with Crippen molar-refractivity contribution in [2.45, 2.75) is 26.0 Å². The fourth-order valence-corrected chi connectivity index (χ4v) is 2.79. The van der Waals surface area contributed by atoms with Gasteiger partial charge in [-0.05, 0) is 29.8 Å². The predicted molar refractivity (Wildman–Crippen MR) is 102 cm³/mol. The minimum Gasteiger partial charge on any atom is -0.493 e. The minimum atomic E-state index is -2.95. The number of alkyl halides is 2. The summed E-state index contributed by atoms with van der Waals surface area (Å²) in [4.78, 5) is 31.2. The number of benzene rings is 2. The van der Waals surface area contributed by atoms with Gasteiger partial charge in [0.2, 0.25) is 5.91 Å². The van der Waals surface area contributed by atoms with Gasteiger partial charge < -0.3 is 19.8 Å². The third-order valence-corrected chi connectivity index (χ3v) is 4.18. The number of para-hydroxylation sites is 1. The number of amides is 1. The van der Waals surface area contributed by atoms with Crippen LogP contribution in [0, 0.1) is 0 Å². The summed E-state index contributed by atoms with van der Waals surface area (Å²) in [5.74, 6) is 0.255. The average Bonchev–Trinajstić information content (AvgIpc) is 2.71. The first-order chi connectivity index (χ1) is 14.0. The number of nitrogens with one attached hydrogen (secondary N) is 2. The lowest BCUT2D eigenvalue weighted by molar-refractivity contribution is -0.121. The molecule has 1 aromatic heterocycles. The number of fused-ring (bicyclic) bond motifs is 1. The average molecular weight is 403 g/mol. The fourth-order valence-electron chi connectivity index (χ4n) is 2.79. The Labute approximate surface area is 164 Å². The maximum Gasteiger partial charge on any atom is 0.387 e. The van der Waals surface area contributed by atoms with Crippen molar-refractivity contribution in [3.05, 3.63) is 64.2 Å². The molecule has 2 N–H and O–H groups in total. The molecule has 3 rings (SSSR count). The Morgan fingerprint density at radius 2 is 2.00 bits per heavy atom. The van der Waals surface area contributed by atoms with Crippen LogP contribution in [0.2, 0.25) is 0 Å². The number of aryl methyl sites for hydroxylation is 1. The van der Waals surface area contributed by atoms with Crippen molar-refractivity contribution in [1.82, 2.24) is 15.3 Å². The number of halogens is 2. The molecular formula is C20H19F2N3O4. The molecule has 0 atom stereocenters. The molecule has 7 nitrogen and oxygen atoms in total. The van der Waals surface area contributed by atoms with E-state index in [0.29, 0.717) is 22.3 Å². The molecule has 0 fully saturated rings. The second-order valence-corrected chi connectivity index (χ2v) is 6.17. The first-order valence-corrected chi connectivity index (χ1v) is 8.82. The summed E-state index contributed by atoms with van der Waals surface area (Å²) >= 11 is 0. The van der Waals surface area contributed by atoms with Gasteiger partial charge >= 0.3 is 6.61 Å². The van der Waals surface area contributed by atoms with Crippen LogP contribution in [0.1, 0.15) is 17.8 Å². The second-order valence-electron chi connectivity index (χ2n) is 6.17. The van der Waals surface area contributed by atoms with Gasteiger partial charge in [-0.15, -0.1) is 0 Å². The van der Waals surface area contributed by atoms with Gasteiger partial charge in [-0.1, -0.05) is 18.2 Å². The Hall–Kier alpha value is -3.49. The second kappa shape index (κ2) is 9.13. The van der Waals surface area contributed by atoms with Crippen molar-refractivity contribution < 1.29 is 23.0 Å². The van der Waals surface area contributed by atoms with Gasteiger partial charge in [-0.25, -0.2) is 4.98 Å². The molecule has 3 aromatic rings. The first kappa shape index (κ1) is 20.2. The van der Waals surface area contributed by atoms with Crippen molar-refractivity contribution in [3.63, 3.8) is 0 Å². The van der Waals surface area contributed by atoms with Crippen molar-refractivity contribution in [3.8, 4) is 11.5 Å². The van der Waals surface area contributed by atoms with E-state index in [4.69, 9.17) is 4.74 Å². The quantitative estimate of drug-likeness (QED) is 0.603. The zero-order chi connectivity index (χ0) is 20.8. The van der Waals surface area contributed by atoms with E-state index >= 15 is 0 Å². The molecule has 0 saturated heterocycles. The monoisotopic (exact) mass is 403 g/mol. The Kier molecular flexibility index (Phi) is 6.38. The Balaban J connectivity index is 1.57. The molecule has 0 aliphatic rings. The molecule has 0 unspecified atom stereocenters. The summed E-state index contributed by atoms with van der Waals surface area (Å²) in [5.41, 5.74) is 0.989. The van der Waals surface area contributed by atoms with Crippen LogP contribution in [0.4, 0.5) is 8.78 Å². The molecular weight excluding hydrogens is 384 g/mol. The van der Waals surface area contributed by atoms with Gasteiger partial charge in [-0.3, -0.25) is 9.59 Å². The number of carbonyl (C=O) groups excluding carboxylic acids is 1. The summed E-state index contributed by atoms with van der Waals surface area (Å²) in [7, 11) is 1.34. The van der Waals surface area contributed by atoms with Gasteiger partial charge in [0.05, 0.1) is 18.0 Å². The molecule has 9 heteroatoms. The molecule has 0 spiro atoms. The Morgan fingerprint density at radius 3 is 2.76 bits per heavy atom. The van der Waals surface area contributed by atoms with Gasteiger partial charge in [0, 0.05) is 19.4 Å². The number of aromatic nitrogens is 2. The smallest absolute Gasteiger partial charge is 0.387 e.